The van der Waals surface area contributed by atoms with Gasteiger partial charge in [-0.1, -0.05) is 55.5 Å². The number of aryl methyl sites for hydroxylation is 1. The molecule has 0 spiro atoms. The lowest BCUT2D eigenvalue weighted by Gasteiger charge is -2.28. The summed E-state index contributed by atoms with van der Waals surface area (Å²) in [6.45, 7) is 3.98. The van der Waals surface area contributed by atoms with Crippen molar-refractivity contribution in [2.75, 3.05) is 13.2 Å². The van der Waals surface area contributed by atoms with Crippen LogP contribution >= 0.6 is 0 Å². The highest BCUT2D eigenvalue weighted by Crippen LogP contribution is 2.34. The molecule has 0 atom stereocenters. The van der Waals surface area contributed by atoms with Crippen LogP contribution in [0, 0.1) is 0 Å². The monoisotopic (exact) mass is 334 g/mol. The van der Waals surface area contributed by atoms with Crippen molar-refractivity contribution in [1.82, 2.24) is 9.55 Å². The molecule has 0 saturated carbocycles. The largest absolute Gasteiger partial charge is 0.342 e. The van der Waals surface area contributed by atoms with Crippen molar-refractivity contribution in [2.24, 2.45) is 0 Å². The van der Waals surface area contributed by atoms with E-state index in [1.807, 2.05) is 10.8 Å². The van der Waals surface area contributed by atoms with E-state index in [9.17, 15) is 0 Å². The molecule has 1 aromatic heterocycles. The summed E-state index contributed by atoms with van der Waals surface area (Å²) in [4.78, 5) is 4.11. The molecule has 128 valence electrons. The summed E-state index contributed by atoms with van der Waals surface area (Å²) in [6, 6.07) is 17.2. The van der Waals surface area contributed by atoms with Gasteiger partial charge in [-0.15, -0.1) is 0 Å². The van der Waals surface area contributed by atoms with Crippen molar-refractivity contribution in [2.45, 2.75) is 25.7 Å². The zero-order valence-electron chi connectivity index (χ0n) is 14.4. The van der Waals surface area contributed by atoms with Gasteiger partial charge in [0.1, 0.15) is 0 Å². The molecular formula is C21H22N2O2. The number of imidazole rings is 1. The predicted molar refractivity (Wildman–Crippen MR) is 97.1 cm³/mol. The summed E-state index contributed by atoms with van der Waals surface area (Å²) in [6.07, 6.45) is 6.54. The van der Waals surface area contributed by atoms with Crippen LogP contribution in [0.2, 0.25) is 0 Å². The number of ether oxygens (including phenoxy) is 2. The second-order valence-corrected chi connectivity index (χ2v) is 6.31. The average Bonchev–Trinajstić information content (AvgIpc) is 3.35. The Morgan fingerprint density at radius 2 is 1.60 bits per heavy atom. The van der Waals surface area contributed by atoms with E-state index in [2.05, 4.69) is 60.4 Å². The van der Waals surface area contributed by atoms with Crippen LogP contribution in [0.4, 0.5) is 0 Å². The van der Waals surface area contributed by atoms with Crippen molar-refractivity contribution < 1.29 is 9.47 Å². The maximum Gasteiger partial charge on any atom is 0.213 e. The van der Waals surface area contributed by atoms with E-state index in [4.69, 9.17) is 9.47 Å². The molecule has 1 aliphatic rings. The fraction of sp³-hybridized carbons (Fsp3) is 0.286. The predicted octanol–water partition coefficient (Wildman–Crippen LogP) is 4.01. The highest BCUT2D eigenvalue weighted by molar-refractivity contribution is 5.64. The van der Waals surface area contributed by atoms with Gasteiger partial charge in [0.2, 0.25) is 5.79 Å². The first-order valence-corrected chi connectivity index (χ1v) is 8.72. The van der Waals surface area contributed by atoms with Crippen LogP contribution in [-0.2, 0) is 28.2 Å². The van der Waals surface area contributed by atoms with Crippen molar-refractivity contribution in [3.63, 3.8) is 0 Å². The summed E-state index contributed by atoms with van der Waals surface area (Å²) in [7, 11) is 0. The Labute approximate surface area is 148 Å². The Morgan fingerprint density at radius 3 is 2.16 bits per heavy atom. The minimum absolute atomic E-state index is 0.595. The molecule has 1 fully saturated rings. The Bertz CT molecular complexity index is 802. The zero-order valence-corrected chi connectivity index (χ0v) is 14.4. The Balaban J connectivity index is 1.61. The van der Waals surface area contributed by atoms with E-state index in [-0.39, 0.29) is 0 Å². The fourth-order valence-corrected chi connectivity index (χ4v) is 3.27. The summed E-state index contributed by atoms with van der Waals surface area (Å²) in [5, 5.41) is 0. The summed E-state index contributed by atoms with van der Waals surface area (Å²) >= 11 is 0. The molecule has 25 heavy (non-hydrogen) atoms. The van der Waals surface area contributed by atoms with E-state index in [1.165, 1.54) is 16.7 Å². The van der Waals surface area contributed by atoms with Crippen LogP contribution in [0.15, 0.2) is 67.3 Å². The van der Waals surface area contributed by atoms with Gasteiger partial charge in [0.15, 0.2) is 0 Å². The number of hydrogen-bond donors (Lipinski definition) is 0. The lowest BCUT2D eigenvalue weighted by molar-refractivity contribution is -0.176. The summed E-state index contributed by atoms with van der Waals surface area (Å²) in [5.41, 5.74) is 4.81. The van der Waals surface area contributed by atoms with Crippen LogP contribution < -0.4 is 0 Å². The number of aromatic nitrogens is 2. The van der Waals surface area contributed by atoms with E-state index in [0.717, 1.165) is 12.0 Å². The molecule has 1 aliphatic heterocycles. The first-order chi connectivity index (χ1) is 12.3. The molecule has 0 amide bonds. The molecule has 1 saturated heterocycles. The highest BCUT2D eigenvalue weighted by Gasteiger charge is 2.39. The minimum atomic E-state index is -0.731. The van der Waals surface area contributed by atoms with Gasteiger partial charge in [-0.2, -0.15) is 0 Å². The van der Waals surface area contributed by atoms with Gasteiger partial charge in [-0.05, 0) is 23.1 Å². The molecule has 2 heterocycles. The second kappa shape index (κ2) is 6.82. The fourth-order valence-electron chi connectivity index (χ4n) is 3.27. The van der Waals surface area contributed by atoms with E-state index >= 15 is 0 Å². The number of benzene rings is 2. The SMILES string of the molecule is CCc1ccc(-c2ccc(C3(Cn4ccnc4)OCCO3)cc2)cc1. The van der Waals surface area contributed by atoms with Crippen molar-refractivity contribution >= 4 is 0 Å². The van der Waals surface area contributed by atoms with Gasteiger partial charge in [0.05, 0.1) is 26.1 Å². The third-order valence-electron chi connectivity index (χ3n) is 4.72. The Kier molecular flexibility index (Phi) is 4.38. The number of hydrogen-bond acceptors (Lipinski definition) is 3. The van der Waals surface area contributed by atoms with Crippen molar-refractivity contribution in [3.05, 3.63) is 78.4 Å². The summed E-state index contributed by atoms with van der Waals surface area (Å²) < 4.78 is 14.0. The molecule has 4 nitrogen and oxygen atoms in total. The molecule has 0 aliphatic carbocycles. The van der Waals surface area contributed by atoms with Crippen molar-refractivity contribution in [1.29, 1.82) is 0 Å². The van der Waals surface area contributed by atoms with E-state index in [0.29, 0.717) is 19.8 Å². The zero-order chi connectivity index (χ0) is 17.1. The standard InChI is InChI=1S/C21H22N2O2/c1-2-17-3-5-18(6-4-17)19-7-9-20(10-8-19)21(24-13-14-25-21)15-23-12-11-22-16-23/h3-12,16H,2,13-15H2,1H3. The molecule has 4 heteroatoms. The molecule has 0 radical (unpaired) electrons. The van der Waals surface area contributed by atoms with Gasteiger partial charge in [0, 0.05) is 18.0 Å². The molecule has 0 unspecified atom stereocenters. The van der Waals surface area contributed by atoms with Crippen LogP contribution in [0.25, 0.3) is 11.1 Å². The maximum absolute atomic E-state index is 6.00. The van der Waals surface area contributed by atoms with E-state index in [1.54, 1.807) is 12.5 Å². The van der Waals surface area contributed by atoms with E-state index < -0.39 is 5.79 Å². The summed E-state index contributed by atoms with van der Waals surface area (Å²) in [5.74, 6) is -0.731. The van der Waals surface area contributed by atoms with Gasteiger partial charge >= 0.3 is 0 Å². The van der Waals surface area contributed by atoms with Gasteiger partial charge in [-0.25, -0.2) is 4.98 Å². The first-order valence-electron chi connectivity index (χ1n) is 8.72. The highest BCUT2D eigenvalue weighted by atomic mass is 16.7. The third kappa shape index (κ3) is 3.23. The van der Waals surface area contributed by atoms with Gasteiger partial charge in [-0.3, -0.25) is 0 Å². The van der Waals surface area contributed by atoms with Crippen LogP contribution in [0.5, 0.6) is 0 Å². The van der Waals surface area contributed by atoms with Gasteiger partial charge < -0.3 is 14.0 Å². The van der Waals surface area contributed by atoms with Gasteiger partial charge in [0.25, 0.3) is 0 Å². The quantitative estimate of drug-likeness (QED) is 0.707. The minimum Gasteiger partial charge on any atom is -0.342 e. The molecule has 0 bridgehead atoms. The number of rotatable bonds is 5. The second-order valence-electron chi connectivity index (χ2n) is 6.31. The average molecular weight is 334 g/mol. The first kappa shape index (κ1) is 16.1. The topological polar surface area (TPSA) is 36.3 Å². The Morgan fingerprint density at radius 1 is 0.960 bits per heavy atom. The lowest BCUT2D eigenvalue weighted by atomic mass is 9.99. The normalized spacial score (nSPS) is 16.2. The molecule has 3 aromatic rings. The molecule has 0 N–H and O–H groups in total. The third-order valence-corrected chi connectivity index (χ3v) is 4.72. The van der Waals surface area contributed by atoms with Crippen LogP contribution in [-0.4, -0.2) is 22.8 Å². The maximum atomic E-state index is 6.00. The van der Waals surface area contributed by atoms with Crippen LogP contribution in [0.1, 0.15) is 18.1 Å². The lowest BCUT2D eigenvalue weighted by Crippen LogP contribution is -2.32. The molecule has 2 aromatic carbocycles. The molecule has 4 rings (SSSR count). The molecular weight excluding hydrogens is 312 g/mol. The van der Waals surface area contributed by atoms with Crippen LogP contribution in [0.3, 0.4) is 0 Å². The van der Waals surface area contributed by atoms with Crippen molar-refractivity contribution in [3.8, 4) is 11.1 Å². The number of nitrogens with zero attached hydrogens (tertiary/aromatic N) is 2. The smallest absolute Gasteiger partial charge is 0.213 e. The Hall–Kier alpha value is -2.43.